The average Bonchev–Trinajstić information content (AvgIpc) is 3.43. The number of hydrogen-bond acceptors (Lipinski definition) is 6. The highest BCUT2D eigenvalue weighted by Gasteiger charge is 2.33. The number of ether oxygens (including phenoxy) is 2. The van der Waals surface area contributed by atoms with Gasteiger partial charge >= 0.3 is 0 Å². The van der Waals surface area contributed by atoms with Crippen molar-refractivity contribution in [2.24, 2.45) is 0 Å². The minimum Gasteiger partial charge on any atom is -0.454 e. The number of unbranched alkanes of at least 4 members (excludes halogenated alkanes) is 1. The third-order valence-corrected chi connectivity index (χ3v) is 7.44. The van der Waals surface area contributed by atoms with Crippen LogP contribution in [0.25, 0.3) is 0 Å². The van der Waals surface area contributed by atoms with E-state index in [1.165, 1.54) is 76.1 Å². The quantitative estimate of drug-likeness (QED) is 0.460. The van der Waals surface area contributed by atoms with E-state index >= 15 is 0 Å². The van der Waals surface area contributed by atoms with Gasteiger partial charge in [-0.1, -0.05) is 18.0 Å². The average molecular weight is 406 g/mol. The maximum atomic E-state index is 5.62. The maximum absolute atomic E-state index is 5.62. The Morgan fingerprint density at radius 3 is 2.86 bits per heavy atom. The molecule has 0 bridgehead atoms. The van der Waals surface area contributed by atoms with Crippen molar-refractivity contribution in [1.82, 2.24) is 14.1 Å². The van der Waals surface area contributed by atoms with Gasteiger partial charge in [0.1, 0.15) is 0 Å². The molecule has 3 heterocycles. The largest absolute Gasteiger partial charge is 0.454 e. The normalized spacial score (nSPS) is 25.2. The number of fused-ring (bicyclic) bond motifs is 1. The van der Waals surface area contributed by atoms with Gasteiger partial charge in [-0.2, -0.15) is 0 Å². The molecule has 156 valence electrons. The molecule has 1 aromatic rings. The minimum absolute atomic E-state index is 0.359. The maximum Gasteiger partial charge on any atom is 0.231 e. The van der Waals surface area contributed by atoms with E-state index in [2.05, 4.69) is 46.4 Å². The molecule has 0 radical (unpaired) electrons. The van der Waals surface area contributed by atoms with Gasteiger partial charge in [0.2, 0.25) is 6.79 Å². The van der Waals surface area contributed by atoms with Crippen LogP contribution < -0.4 is 9.47 Å². The third kappa shape index (κ3) is 5.15. The van der Waals surface area contributed by atoms with Crippen LogP contribution in [0.15, 0.2) is 18.2 Å². The minimum atomic E-state index is 0.359. The summed E-state index contributed by atoms with van der Waals surface area (Å²) in [5.41, 5.74) is 1.42. The van der Waals surface area contributed by atoms with E-state index in [1.54, 1.807) is 0 Å². The van der Waals surface area contributed by atoms with Crippen molar-refractivity contribution in [2.45, 2.75) is 44.1 Å². The molecule has 4 rings (SSSR count). The van der Waals surface area contributed by atoms with Crippen LogP contribution in [0.3, 0.4) is 0 Å². The highest BCUT2D eigenvalue weighted by molar-refractivity contribution is 7.97. The molecule has 5 nitrogen and oxygen atoms in total. The molecular formula is C22H35N3O2S. The molecule has 0 spiro atoms. The summed E-state index contributed by atoms with van der Waals surface area (Å²) < 4.78 is 13.7. The number of rotatable bonds is 9. The predicted molar refractivity (Wildman–Crippen MR) is 116 cm³/mol. The van der Waals surface area contributed by atoms with E-state index in [0.717, 1.165) is 11.5 Å². The molecule has 0 aliphatic carbocycles. The Labute approximate surface area is 174 Å². The first-order valence-electron chi connectivity index (χ1n) is 10.9. The summed E-state index contributed by atoms with van der Waals surface area (Å²) in [5, 5.41) is 0. The summed E-state index contributed by atoms with van der Waals surface area (Å²) in [6.07, 6.45) is 6.49. The molecule has 2 fully saturated rings. The Hall–Kier alpha value is -0.950. The van der Waals surface area contributed by atoms with E-state index in [4.69, 9.17) is 9.47 Å². The molecular weight excluding hydrogens is 370 g/mol. The lowest BCUT2D eigenvalue weighted by molar-refractivity contribution is 0.174. The fourth-order valence-corrected chi connectivity index (χ4v) is 5.69. The van der Waals surface area contributed by atoms with Gasteiger partial charge in [-0.05, 0) is 82.9 Å². The van der Waals surface area contributed by atoms with Crippen molar-refractivity contribution < 1.29 is 9.47 Å². The summed E-state index contributed by atoms with van der Waals surface area (Å²) in [6, 6.07) is 7.26. The summed E-state index contributed by atoms with van der Waals surface area (Å²) in [7, 11) is 4.34. The SMILES string of the molecule is CN(C)CCCCN1CC(c2ccc3c(c2)OCO3)CC1CCN1CCCS1. The van der Waals surface area contributed by atoms with Gasteiger partial charge < -0.3 is 14.4 Å². The highest BCUT2D eigenvalue weighted by atomic mass is 32.2. The second kappa shape index (κ2) is 9.70. The van der Waals surface area contributed by atoms with Crippen LogP contribution in [-0.2, 0) is 0 Å². The van der Waals surface area contributed by atoms with Crippen molar-refractivity contribution in [3.63, 3.8) is 0 Å². The topological polar surface area (TPSA) is 28.2 Å². The van der Waals surface area contributed by atoms with Gasteiger partial charge in [0.25, 0.3) is 0 Å². The Balaban J connectivity index is 1.36. The lowest BCUT2D eigenvalue weighted by Crippen LogP contribution is -2.33. The van der Waals surface area contributed by atoms with Gasteiger partial charge in [-0.15, -0.1) is 0 Å². The number of hydrogen-bond donors (Lipinski definition) is 0. The fourth-order valence-electron chi connectivity index (χ4n) is 4.68. The monoisotopic (exact) mass is 405 g/mol. The summed E-state index contributed by atoms with van der Waals surface area (Å²) in [5.74, 6) is 3.73. The zero-order chi connectivity index (χ0) is 19.3. The Bertz CT molecular complexity index is 636. The molecule has 3 aliphatic rings. The fraction of sp³-hybridized carbons (Fsp3) is 0.727. The van der Waals surface area contributed by atoms with Crippen molar-refractivity contribution in [1.29, 1.82) is 0 Å². The number of likely N-dealkylation sites (tertiary alicyclic amines) is 1. The van der Waals surface area contributed by atoms with E-state index in [1.807, 2.05) is 11.9 Å². The third-order valence-electron chi connectivity index (χ3n) is 6.23. The number of benzene rings is 1. The van der Waals surface area contributed by atoms with Gasteiger partial charge in [0.15, 0.2) is 11.5 Å². The van der Waals surface area contributed by atoms with E-state index in [-0.39, 0.29) is 0 Å². The lowest BCUT2D eigenvalue weighted by Gasteiger charge is -2.26. The summed E-state index contributed by atoms with van der Waals surface area (Å²) in [6.45, 7) is 6.46. The van der Waals surface area contributed by atoms with Crippen LogP contribution in [0.4, 0.5) is 0 Å². The Morgan fingerprint density at radius 1 is 1.14 bits per heavy atom. The van der Waals surface area contributed by atoms with E-state index in [9.17, 15) is 0 Å². The first-order valence-corrected chi connectivity index (χ1v) is 11.8. The van der Waals surface area contributed by atoms with Crippen molar-refractivity contribution in [2.75, 3.05) is 59.4 Å². The summed E-state index contributed by atoms with van der Waals surface area (Å²) in [4.78, 5) is 5.06. The molecule has 0 amide bonds. The van der Waals surface area contributed by atoms with Gasteiger partial charge in [-0.3, -0.25) is 9.21 Å². The van der Waals surface area contributed by atoms with E-state index < -0.39 is 0 Å². The molecule has 0 aromatic heterocycles. The first kappa shape index (κ1) is 20.3. The predicted octanol–water partition coefficient (Wildman–Crippen LogP) is 3.66. The standard InChI is InChI=1S/C22H35N3O2S/c1-23(2)9-3-4-10-24-16-19(14-20(24)8-12-25-11-5-13-28-25)18-6-7-21-22(15-18)27-17-26-21/h6-7,15,19-20H,3-5,8-14,16-17H2,1-2H3. The second-order valence-corrected chi connectivity index (χ2v) is 9.79. The van der Waals surface area contributed by atoms with Crippen LogP contribution in [0.2, 0.25) is 0 Å². The van der Waals surface area contributed by atoms with Crippen molar-refractivity contribution in [3.8, 4) is 11.5 Å². The molecule has 2 saturated heterocycles. The highest BCUT2D eigenvalue weighted by Crippen LogP contribution is 2.39. The molecule has 2 unspecified atom stereocenters. The molecule has 0 N–H and O–H groups in total. The van der Waals surface area contributed by atoms with Crippen LogP contribution >= 0.6 is 11.9 Å². The van der Waals surface area contributed by atoms with Gasteiger partial charge in [-0.25, -0.2) is 0 Å². The molecule has 3 aliphatic heterocycles. The molecule has 0 saturated carbocycles. The van der Waals surface area contributed by atoms with Crippen LogP contribution in [0, 0.1) is 0 Å². The smallest absolute Gasteiger partial charge is 0.231 e. The molecule has 6 heteroatoms. The molecule has 1 aromatic carbocycles. The van der Waals surface area contributed by atoms with Crippen molar-refractivity contribution in [3.05, 3.63) is 23.8 Å². The van der Waals surface area contributed by atoms with Crippen LogP contribution in [0.5, 0.6) is 11.5 Å². The Kier molecular flexibility index (Phi) is 7.04. The first-order chi connectivity index (χ1) is 13.7. The molecule has 2 atom stereocenters. The zero-order valence-corrected chi connectivity index (χ0v) is 18.3. The van der Waals surface area contributed by atoms with Crippen molar-refractivity contribution >= 4 is 11.9 Å². The van der Waals surface area contributed by atoms with Gasteiger partial charge in [0, 0.05) is 31.4 Å². The van der Waals surface area contributed by atoms with Crippen LogP contribution in [-0.4, -0.2) is 79.5 Å². The molecule has 28 heavy (non-hydrogen) atoms. The number of nitrogens with zero attached hydrogens (tertiary/aromatic N) is 3. The summed E-state index contributed by atoms with van der Waals surface area (Å²) >= 11 is 2.04. The second-order valence-electron chi connectivity index (χ2n) is 8.61. The Morgan fingerprint density at radius 2 is 2.04 bits per heavy atom. The lowest BCUT2D eigenvalue weighted by atomic mass is 9.95. The van der Waals surface area contributed by atoms with Crippen LogP contribution in [0.1, 0.15) is 43.6 Å². The van der Waals surface area contributed by atoms with Gasteiger partial charge in [0.05, 0.1) is 0 Å². The zero-order valence-electron chi connectivity index (χ0n) is 17.4. The van der Waals surface area contributed by atoms with E-state index in [0.29, 0.717) is 18.8 Å².